The molecule has 5 nitrogen and oxygen atoms in total. The van der Waals surface area contributed by atoms with Gasteiger partial charge in [0.2, 0.25) is 10.0 Å². The summed E-state index contributed by atoms with van der Waals surface area (Å²) >= 11 is 5.56. The first-order valence-corrected chi connectivity index (χ1v) is 7.97. The first-order valence-electron chi connectivity index (χ1n) is 6.11. The lowest BCUT2D eigenvalue weighted by atomic mass is 10.2. The molecule has 0 aliphatic carbocycles. The normalized spacial score (nSPS) is 13.9. The Kier molecular flexibility index (Phi) is 5.82. The number of hydrogen-bond donors (Lipinski definition) is 2. The molecular formula is C12H13ClF3NO4S. The maximum absolute atomic E-state index is 12.9. The number of rotatable bonds is 6. The molecule has 10 heteroatoms. The summed E-state index contributed by atoms with van der Waals surface area (Å²) in [5.74, 6) is -1.47. The fraction of sp³-hybridized carbons (Fsp3) is 0.417. The van der Waals surface area contributed by atoms with Gasteiger partial charge in [-0.15, -0.1) is 0 Å². The third kappa shape index (κ3) is 4.59. The molecule has 124 valence electrons. The summed E-state index contributed by atoms with van der Waals surface area (Å²) in [6.07, 6.45) is -4.64. The van der Waals surface area contributed by atoms with Gasteiger partial charge in [-0.05, 0) is 24.6 Å². The zero-order chi connectivity index (χ0) is 17.1. The van der Waals surface area contributed by atoms with E-state index in [1.54, 1.807) is 11.6 Å². The van der Waals surface area contributed by atoms with Crippen LogP contribution in [0.1, 0.15) is 25.3 Å². The SMILES string of the molecule is CCCC(NS(=O)(=O)c1cc(Cl)ccc1C(F)(F)F)C(=O)O. The van der Waals surface area contributed by atoms with Crippen molar-refractivity contribution >= 4 is 27.6 Å². The van der Waals surface area contributed by atoms with E-state index in [1.807, 2.05) is 0 Å². The van der Waals surface area contributed by atoms with E-state index in [4.69, 9.17) is 16.7 Å². The van der Waals surface area contributed by atoms with Gasteiger partial charge in [0.1, 0.15) is 6.04 Å². The van der Waals surface area contributed by atoms with Gasteiger partial charge in [0.05, 0.1) is 10.5 Å². The molecule has 2 N–H and O–H groups in total. The summed E-state index contributed by atoms with van der Waals surface area (Å²) in [4.78, 5) is 9.87. The molecule has 0 amide bonds. The number of sulfonamides is 1. The smallest absolute Gasteiger partial charge is 0.417 e. The number of alkyl halides is 3. The van der Waals surface area contributed by atoms with Crippen molar-refractivity contribution < 1.29 is 31.5 Å². The maximum Gasteiger partial charge on any atom is 0.417 e. The molecule has 0 saturated carbocycles. The van der Waals surface area contributed by atoms with E-state index in [1.165, 1.54) is 0 Å². The van der Waals surface area contributed by atoms with E-state index in [9.17, 15) is 26.4 Å². The van der Waals surface area contributed by atoms with Gasteiger partial charge in [-0.2, -0.15) is 17.9 Å². The zero-order valence-electron chi connectivity index (χ0n) is 11.3. The first kappa shape index (κ1) is 18.7. The molecule has 1 aromatic carbocycles. The van der Waals surface area contributed by atoms with E-state index in [0.29, 0.717) is 18.6 Å². The first-order chi connectivity index (χ1) is 9.99. The Morgan fingerprint density at radius 1 is 1.41 bits per heavy atom. The van der Waals surface area contributed by atoms with Gasteiger partial charge in [-0.1, -0.05) is 24.9 Å². The van der Waals surface area contributed by atoms with E-state index >= 15 is 0 Å². The Bertz CT molecular complexity index is 661. The molecule has 0 aromatic heterocycles. The van der Waals surface area contributed by atoms with Gasteiger partial charge in [-0.3, -0.25) is 4.79 Å². The molecule has 1 rings (SSSR count). The molecule has 0 spiro atoms. The van der Waals surface area contributed by atoms with Crippen molar-refractivity contribution in [1.82, 2.24) is 4.72 Å². The van der Waals surface area contributed by atoms with E-state index < -0.39 is 38.7 Å². The van der Waals surface area contributed by atoms with Crippen LogP contribution in [-0.4, -0.2) is 25.5 Å². The Morgan fingerprint density at radius 3 is 2.45 bits per heavy atom. The summed E-state index contributed by atoms with van der Waals surface area (Å²) in [6, 6.07) is 0.559. The van der Waals surface area contributed by atoms with Gasteiger partial charge in [0, 0.05) is 5.02 Å². The Labute approximate surface area is 130 Å². The number of hydrogen-bond acceptors (Lipinski definition) is 3. The van der Waals surface area contributed by atoms with E-state index in [2.05, 4.69) is 0 Å². The van der Waals surface area contributed by atoms with Gasteiger partial charge < -0.3 is 5.11 Å². The van der Waals surface area contributed by atoms with Crippen molar-refractivity contribution in [2.75, 3.05) is 0 Å². The predicted molar refractivity (Wildman–Crippen MR) is 73.1 cm³/mol. The predicted octanol–water partition coefficient (Wildman–Crippen LogP) is 2.89. The minimum Gasteiger partial charge on any atom is -0.480 e. The van der Waals surface area contributed by atoms with Crippen molar-refractivity contribution in [1.29, 1.82) is 0 Å². The summed E-state index contributed by atoms with van der Waals surface area (Å²) in [7, 11) is -4.70. The minimum absolute atomic E-state index is 0.0590. The molecule has 0 aliphatic rings. The Balaban J connectivity index is 3.33. The van der Waals surface area contributed by atoms with Crippen LogP contribution in [-0.2, 0) is 21.0 Å². The van der Waals surface area contributed by atoms with Crippen LogP contribution in [0, 0.1) is 0 Å². The van der Waals surface area contributed by atoms with E-state index in [-0.39, 0.29) is 11.4 Å². The molecular weight excluding hydrogens is 347 g/mol. The summed E-state index contributed by atoms with van der Waals surface area (Å²) < 4.78 is 64.7. The van der Waals surface area contributed by atoms with Crippen LogP contribution in [0.4, 0.5) is 13.2 Å². The van der Waals surface area contributed by atoms with Crippen molar-refractivity contribution in [3.8, 4) is 0 Å². The van der Waals surface area contributed by atoms with E-state index in [0.717, 1.165) is 6.07 Å². The van der Waals surface area contributed by atoms with Crippen molar-refractivity contribution in [2.45, 2.75) is 36.9 Å². The average Bonchev–Trinajstić information content (AvgIpc) is 2.36. The highest BCUT2D eigenvalue weighted by Gasteiger charge is 2.38. The van der Waals surface area contributed by atoms with Crippen molar-refractivity contribution in [3.05, 3.63) is 28.8 Å². The summed E-state index contributed by atoms with van der Waals surface area (Å²) in [6.45, 7) is 1.62. The van der Waals surface area contributed by atoms with Gasteiger partial charge in [-0.25, -0.2) is 8.42 Å². The quantitative estimate of drug-likeness (QED) is 0.818. The fourth-order valence-electron chi connectivity index (χ4n) is 1.72. The number of benzene rings is 1. The van der Waals surface area contributed by atoms with Crippen LogP contribution in [0.3, 0.4) is 0 Å². The second-order valence-corrected chi connectivity index (χ2v) is 6.56. The van der Waals surface area contributed by atoms with Crippen LogP contribution in [0.15, 0.2) is 23.1 Å². The van der Waals surface area contributed by atoms with Crippen LogP contribution in [0.5, 0.6) is 0 Å². The molecule has 1 atom stereocenters. The molecule has 0 heterocycles. The Hall–Kier alpha value is -1.32. The van der Waals surface area contributed by atoms with Gasteiger partial charge >= 0.3 is 12.1 Å². The lowest BCUT2D eigenvalue weighted by Gasteiger charge is -2.17. The third-order valence-corrected chi connectivity index (χ3v) is 4.46. The third-order valence-electron chi connectivity index (χ3n) is 2.71. The number of aliphatic carboxylic acids is 1. The summed E-state index contributed by atoms with van der Waals surface area (Å²) in [5.41, 5.74) is -1.41. The molecule has 1 unspecified atom stereocenters. The highest BCUT2D eigenvalue weighted by atomic mass is 35.5. The number of carboxylic acid groups (broad SMARTS) is 1. The van der Waals surface area contributed by atoms with Crippen molar-refractivity contribution in [3.63, 3.8) is 0 Å². The topological polar surface area (TPSA) is 83.5 Å². The number of carboxylic acids is 1. The standard InChI is InChI=1S/C12H13ClF3NO4S/c1-2-3-9(11(18)19)17-22(20,21)10-6-7(13)4-5-8(10)12(14,15)16/h4-6,9,17H,2-3H2,1H3,(H,18,19). The number of carbonyl (C=O) groups is 1. The summed E-state index contributed by atoms with van der Waals surface area (Å²) in [5, 5.41) is 8.71. The molecule has 22 heavy (non-hydrogen) atoms. The number of halogens is 4. The number of nitrogens with one attached hydrogen (secondary N) is 1. The lowest BCUT2D eigenvalue weighted by molar-refractivity contribution is -0.140. The largest absolute Gasteiger partial charge is 0.480 e. The highest BCUT2D eigenvalue weighted by molar-refractivity contribution is 7.89. The molecule has 0 bridgehead atoms. The lowest BCUT2D eigenvalue weighted by Crippen LogP contribution is -2.41. The average molecular weight is 360 g/mol. The molecule has 0 fully saturated rings. The van der Waals surface area contributed by atoms with Crippen molar-refractivity contribution in [2.24, 2.45) is 0 Å². The molecule has 0 saturated heterocycles. The monoisotopic (exact) mass is 359 g/mol. The fourth-order valence-corrected chi connectivity index (χ4v) is 3.44. The second kappa shape index (κ2) is 6.84. The molecule has 0 radical (unpaired) electrons. The minimum atomic E-state index is -4.92. The van der Waals surface area contributed by atoms with Gasteiger partial charge in [0.25, 0.3) is 0 Å². The molecule has 1 aromatic rings. The van der Waals surface area contributed by atoms with Crippen LogP contribution in [0.25, 0.3) is 0 Å². The van der Waals surface area contributed by atoms with Crippen LogP contribution >= 0.6 is 11.6 Å². The maximum atomic E-state index is 12.9. The zero-order valence-corrected chi connectivity index (χ0v) is 12.9. The van der Waals surface area contributed by atoms with Gasteiger partial charge in [0.15, 0.2) is 0 Å². The molecule has 0 aliphatic heterocycles. The second-order valence-electron chi connectivity index (χ2n) is 4.44. The van der Waals surface area contributed by atoms with Crippen LogP contribution < -0.4 is 4.72 Å². The van der Waals surface area contributed by atoms with Crippen LogP contribution in [0.2, 0.25) is 5.02 Å². The Morgan fingerprint density at radius 2 is 2.00 bits per heavy atom. The highest BCUT2D eigenvalue weighted by Crippen LogP contribution is 2.35.